The Balaban J connectivity index is 1.97. The van der Waals surface area contributed by atoms with Gasteiger partial charge in [0.1, 0.15) is 5.75 Å². The Morgan fingerprint density at radius 1 is 1.06 bits per heavy atom. The molecule has 2 amide bonds. The lowest BCUT2D eigenvalue weighted by Crippen LogP contribution is -2.44. The summed E-state index contributed by atoms with van der Waals surface area (Å²) in [4.78, 5) is 17.3. The first-order chi connectivity index (χ1) is 14.4. The minimum absolute atomic E-state index is 0.0178. The van der Waals surface area contributed by atoms with Gasteiger partial charge in [0.25, 0.3) is 0 Å². The first kappa shape index (κ1) is 23.1. The highest BCUT2D eigenvalue weighted by atomic mass is 32.2. The van der Waals surface area contributed by atoms with Crippen LogP contribution in [0.2, 0.25) is 0 Å². The number of sulfonamides is 1. The summed E-state index contributed by atoms with van der Waals surface area (Å²) in [6.45, 7) is 8.62. The molecule has 0 aliphatic carbocycles. The zero-order chi connectivity index (χ0) is 23.0. The molecule has 2 unspecified atom stereocenters. The van der Waals surface area contributed by atoms with Crippen molar-refractivity contribution in [2.24, 2.45) is 0 Å². The molecule has 2 atom stereocenters. The van der Waals surface area contributed by atoms with Gasteiger partial charge in [-0.15, -0.1) is 4.83 Å². The number of hydrazine groups is 1. The lowest BCUT2D eigenvalue weighted by molar-refractivity contribution is 0.166. The summed E-state index contributed by atoms with van der Waals surface area (Å²) in [6.07, 6.45) is 1.04. The van der Waals surface area contributed by atoms with Gasteiger partial charge in [-0.2, -0.15) is 0 Å². The van der Waals surface area contributed by atoms with Gasteiger partial charge in [-0.1, -0.05) is 57.2 Å². The van der Waals surface area contributed by atoms with Crippen molar-refractivity contribution in [2.45, 2.75) is 45.2 Å². The topological polar surface area (TPSA) is 79.0 Å². The maximum Gasteiger partial charge on any atom is 0.336 e. The molecule has 8 heteroatoms. The van der Waals surface area contributed by atoms with Gasteiger partial charge in [0, 0.05) is 0 Å². The van der Waals surface area contributed by atoms with Gasteiger partial charge < -0.3 is 9.64 Å². The van der Waals surface area contributed by atoms with Gasteiger partial charge in [-0.05, 0) is 41.2 Å². The van der Waals surface area contributed by atoms with E-state index in [1.165, 1.54) is 10.6 Å². The predicted molar refractivity (Wildman–Crippen MR) is 121 cm³/mol. The highest BCUT2D eigenvalue weighted by Gasteiger charge is 2.42. The molecule has 0 radical (unpaired) electrons. The first-order valence-electron chi connectivity index (χ1n) is 10.2. The van der Waals surface area contributed by atoms with E-state index < -0.39 is 10.0 Å². The minimum atomic E-state index is -3.58. The normalized spacial score (nSPS) is 18.4. The van der Waals surface area contributed by atoms with Crippen molar-refractivity contribution >= 4 is 16.1 Å². The maximum absolute atomic E-state index is 13.2. The fourth-order valence-electron chi connectivity index (χ4n) is 3.84. The Hall–Kier alpha value is -2.58. The van der Waals surface area contributed by atoms with Crippen LogP contribution in [0.25, 0.3) is 0 Å². The Labute approximate surface area is 185 Å². The number of hydrogen-bond acceptors (Lipinski definition) is 4. The van der Waals surface area contributed by atoms with Gasteiger partial charge in [0.15, 0.2) is 0 Å². The lowest BCUT2D eigenvalue weighted by Gasteiger charge is -2.30. The number of methoxy groups -OCH3 is 1. The molecular formula is C23H31N3O4S. The second kappa shape index (κ2) is 8.51. The molecular weight excluding hydrogens is 414 g/mol. The van der Waals surface area contributed by atoms with Crippen molar-refractivity contribution in [3.63, 3.8) is 0 Å². The monoisotopic (exact) mass is 445 g/mol. The van der Waals surface area contributed by atoms with E-state index in [0.29, 0.717) is 0 Å². The SMILES string of the molecule is COc1ccc(C(C)N2C(=O)N(NS(C)(=O)=O)CC2c2ccc(C(C)(C)C)cc2)cc1. The molecule has 0 aromatic heterocycles. The molecule has 0 spiro atoms. The van der Waals surface area contributed by atoms with Crippen LogP contribution in [0.4, 0.5) is 4.79 Å². The van der Waals surface area contributed by atoms with Crippen LogP contribution in [-0.2, 0) is 15.4 Å². The smallest absolute Gasteiger partial charge is 0.336 e. The van der Waals surface area contributed by atoms with E-state index in [-0.39, 0.29) is 30.1 Å². The van der Waals surface area contributed by atoms with Crippen molar-refractivity contribution < 1.29 is 17.9 Å². The number of amides is 2. The number of nitrogens with zero attached hydrogens (tertiary/aromatic N) is 2. The van der Waals surface area contributed by atoms with Crippen LogP contribution >= 0.6 is 0 Å². The van der Waals surface area contributed by atoms with Gasteiger partial charge >= 0.3 is 6.03 Å². The van der Waals surface area contributed by atoms with Crippen LogP contribution in [0.3, 0.4) is 0 Å². The van der Waals surface area contributed by atoms with Crippen molar-refractivity contribution in [1.29, 1.82) is 0 Å². The van der Waals surface area contributed by atoms with Crippen molar-refractivity contribution in [3.8, 4) is 5.75 Å². The van der Waals surface area contributed by atoms with E-state index in [4.69, 9.17) is 4.74 Å². The summed E-state index contributed by atoms with van der Waals surface area (Å²) in [7, 11) is -1.98. The molecule has 1 fully saturated rings. The molecule has 7 nitrogen and oxygen atoms in total. The molecule has 1 aliphatic heterocycles. The Bertz CT molecular complexity index is 1030. The van der Waals surface area contributed by atoms with E-state index >= 15 is 0 Å². The highest BCUT2D eigenvalue weighted by molar-refractivity contribution is 7.88. The van der Waals surface area contributed by atoms with E-state index in [1.807, 2.05) is 43.3 Å². The minimum Gasteiger partial charge on any atom is -0.497 e. The average Bonchev–Trinajstić information content (AvgIpc) is 3.01. The number of hydrogen-bond donors (Lipinski definition) is 1. The Morgan fingerprint density at radius 2 is 1.65 bits per heavy atom. The average molecular weight is 446 g/mol. The zero-order valence-electron chi connectivity index (χ0n) is 18.9. The maximum atomic E-state index is 13.2. The van der Waals surface area contributed by atoms with E-state index in [1.54, 1.807) is 12.0 Å². The van der Waals surface area contributed by atoms with Crippen molar-refractivity contribution in [2.75, 3.05) is 19.9 Å². The molecule has 31 heavy (non-hydrogen) atoms. The predicted octanol–water partition coefficient (Wildman–Crippen LogP) is 4.00. The van der Waals surface area contributed by atoms with Crippen LogP contribution < -0.4 is 9.57 Å². The number of rotatable bonds is 6. The molecule has 0 saturated carbocycles. The van der Waals surface area contributed by atoms with Crippen LogP contribution in [0, 0.1) is 0 Å². The third-order valence-corrected chi connectivity index (χ3v) is 6.15. The standard InChI is InChI=1S/C23H31N3O4S/c1-16(17-9-13-20(30-5)14-10-17)26-21(15-25(22(26)27)24-31(6,28)29)18-7-11-19(12-8-18)23(2,3)4/h7-14,16,21,24H,15H2,1-6H3. The zero-order valence-corrected chi connectivity index (χ0v) is 19.7. The summed E-state index contributed by atoms with van der Waals surface area (Å²) in [6, 6.07) is 14.8. The Kier molecular flexibility index (Phi) is 6.34. The van der Waals surface area contributed by atoms with Crippen LogP contribution in [-0.4, -0.2) is 44.3 Å². The lowest BCUT2D eigenvalue weighted by atomic mass is 9.86. The number of ether oxygens (including phenoxy) is 1. The van der Waals surface area contributed by atoms with E-state index in [2.05, 4.69) is 37.7 Å². The molecule has 168 valence electrons. The molecule has 1 saturated heterocycles. The fourth-order valence-corrected chi connectivity index (χ4v) is 4.39. The quantitative estimate of drug-likeness (QED) is 0.729. The summed E-state index contributed by atoms with van der Waals surface area (Å²) in [5, 5.41) is 1.18. The van der Waals surface area contributed by atoms with Crippen molar-refractivity contribution in [3.05, 3.63) is 65.2 Å². The number of benzene rings is 2. The second-order valence-corrected chi connectivity index (χ2v) is 10.7. The second-order valence-electron chi connectivity index (χ2n) is 9.00. The number of carbonyl (C=O) groups is 1. The van der Waals surface area contributed by atoms with Crippen LogP contribution in [0.5, 0.6) is 5.75 Å². The third-order valence-electron chi connectivity index (χ3n) is 5.60. The van der Waals surface area contributed by atoms with Gasteiger partial charge in [-0.25, -0.2) is 18.2 Å². The van der Waals surface area contributed by atoms with Crippen LogP contribution in [0.15, 0.2) is 48.5 Å². The van der Waals surface area contributed by atoms with E-state index in [9.17, 15) is 13.2 Å². The van der Waals surface area contributed by atoms with Gasteiger partial charge in [-0.3, -0.25) is 0 Å². The van der Waals surface area contributed by atoms with Crippen LogP contribution in [0.1, 0.15) is 56.5 Å². The van der Waals surface area contributed by atoms with E-state index in [0.717, 1.165) is 23.1 Å². The number of nitrogens with one attached hydrogen (secondary N) is 1. The van der Waals surface area contributed by atoms with Gasteiger partial charge in [0.2, 0.25) is 10.0 Å². The summed E-state index contributed by atoms with van der Waals surface area (Å²) in [5.74, 6) is 0.735. The first-order valence-corrected chi connectivity index (χ1v) is 12.1. The summed E-state index contributed by atoms with van der Waals surface area (Å²) in [5.41, 5.74) is 3.11. The third kappa shape index (κ3) is 5.19. The van der Waals surface area contributed by atoms with Gasteiger partial charge in [0.05, 0.1) is 32.0 Å². The molecule has 2 aromatic rings. The number of carbonyl (C=O) groups excluding carboxylic acids is 1. The summed E-state index contributed by atoms with van der Waals surface area (Å²) >= 11 is 0. The molecule has 2 aromatic carbocycles. The molecule has 1 N–H and O–H groups in total. The fraction of sp³-hybridized carbons (Fsp3) is 0.435. The number of urea groups is 1. The Morgan fingerprint density at radius 3 is 2.13 bits per heavy atom. The molecule has 0 bridgehead atoms. The molecule has 1 heterocycles. The largest absolute Gasteiger partial charge is 0.497 e. The summed E-state index contributed by atoms with van der Waals surface area (Å²) < 4.78 is 28.9. The molecule has 1 aliphatic rings. The highest BCUT2D eigenvalue weighted by Crippen LogP contribution is 2.37. The van der Waals surface area contributed by atoms with Crippen molar-refractivity contribution in [1.82, 2.24) is 14.7 Å². The molecule has 3 rings (SSSR count).